The van der Waals surface area contributed by atoms with E-state index in [1.165, 1.54) is 6.92 Å². The van der Waals surface area contributed by atoms with Gasteiger partial charge in [-0.25, -0.2) is 18.8 Å². The number of alkyl halides is 1. The molecule has 2 N–H and O–H groups in total. The number of alkyl carbamates (subject to hydrolysis) is 1. The summed E-state index contributed by atoms with van der Waals surface area (Å²) in [6, 6.07) is 0. The Morgan fingerprint density at radius 1 is 1.15 bits per heavy atom. The van der Waals surface area contributed by atoms with E-state index in [9.17, 15) is 19.5 Å². The van der Waals surface area contributed by atoms with Crippen LogP contribution in [0.4, 0.5) is 9.18 Å². The lowest BCUT2D eigenvalue weighted by atomic mass is 9.86. The lowest BCUT2D eigenvalue weighted by molar-refractivity contribution is -0.162. The van der Waals surface area contributed by atoms with Crippen molar-refractivity contribution in [2.24, 2.45) is 11.8 Å². The van der Waals surface area contributed by atoms with Crippen LogP contribution in [0.3, 0.4) is 0 Å². The van der Waals surface area contributed by atoms with Crippen molar-refractivity contribution in [1.29, 1.82) is 0 Å². The van der Waals surface area contributed by atoms with Crippen LogP contribution in [0.1, 0.15) is 41.0 Å². The number of amides is 1. The Bertz CT molecular complexity index is 604. The predicted molar refractivity (Wildman–Crippen MR) is 86.8 cm³/mol. The molecule has 5 atom stereocenters. The third-order valence-electron chi connectivity index (χ3n) is 4.69. The molecular formula is C17H26FNO7. The minimum absolute atomic E-state index is 0.0294. The molecule has 2 rings (SSSR count). The van der Waals surface area contributed by atoms with Gasteiger partial charge in [0, 0.05) is 11.8 Å². The van der Waals surface area contributed by atoms with Gasteiger partial charge in [-0.2, -0.15) is 0 Å². The molecule has 2 saturated carbocycles. The first kappa shape index (κ1) is 20.4. The summed E-state index contributed by atoms with van der Waals surface area (Å²) in [6.45, 7) is 7.86. The maximum absolute atomic E-state index is 15.3. The number of aliphatic hydroxyl groups excluding tert-OH is 1. The number of rotatable bonds is 5. The lowest BCUT2D eigenvalue weighted by Gasteiger charge is -2.35. The highest BCUT2D eigenvalue weighted by Gasteiger charge is 2.86. The number of hydrogen-bond acceptors (Lipinski definition) is 7. The number of esters is 2. The molecule has 2 aliphatic carbocycles. The zero-order chi connectivity index (χ0) is 19.9. The molecule has 0 aliphatic heterocycles. The summed E-state index contributed by atoms with van der Waals surface area (Å²) in [7, 11) is 0. The summed E-state index contributed by atoms with van der Waals surface area (Å²) in [5, 5.41) is 12.7. The average Bonchev–Trinajstić information content (AvgIpc) is 2.96. The van der Waals surface area contributed by atoms with E-state index >= 15 is 4.39 Å². The van der Waals surface area contributed by atoms with Crippen LogP contribution in [0.15, 0.2) is 0 Å². The highest BCUT2D eigenvalue weighted by atomic mass is 19.1. The highest BCUT2D eigenvalue weighted by molar-refractivity contribution is 5.94. The van der Waals surface area contributed by atoms with Gasteiger partial charge in [-0.1, -0.05) is 0 Å². The minimum atomic E-state index is -2.46. The molecule has 148 valence electrons. The Labute approximate surface area is 151 Å². The van der Waals surface area contributed by atoms with Crippen LogP contribution in [0, 0.1) is 11.8 Å². The molecule has 0 radical (unpaired) electrons. The molecule has 9 heteroatoms. The zero-order valence-electron chi connectivity index (χ0n) is 15.6. The maximum Gasteiger partial charge on any atom is 0.408 e. The van der Waals surface area contributed by atoms with E-state index in [0.29, 0.717) is 0 Å². The van der Waals surface area contributed by atoms with Crippen LogP contribution in [0.5, 0.6) is 0 Å². The fourth-order valence-electron chi connectivity index (χ4n) is 3.73. The van der Waals surface area contributed by atoms with Crippen molar-refractivity contribution in [2.75, 3.05) is 13.2 Å². The quantitative estimate of drug-likeness (QED) is 0.547. The topological polar surface area (TPSA) is 111 Å². The highest BCUT2D eigenvalue weighted by Crippen LogP contribution is 2.67. The largest absolute Gasteiger partial charge is 0.464 e. The van der Waals surface area contributed by atoms with Crippen LogP contribution in [0.2, 0.25) is 0 Å². The van der Waals surface area contributed by atoms with Crippen LogP contribution in [-0.4, -0.2) is 59.3 Å². The molecule has 1 unspecified atom stereocenters. The number of halogens is 1. The molecule has 0 heterocycles. The molecule has 0 aromatic rings. The van der Waals surface area contributed by atoms with E-state index in [1.54, 1.807) is 27.7 Å². The fraction of sp³-hybridized carbons (Fsp3) is 0.824. The van der Waals surface area contributed by atoms with Crippen LogP contribution < -0.4 is 5.32 Å². The van der Waals surface area contributed by atoms with Crippen LogP contribution in [0.25, 0.3) is 0 Å². The normalized spacial score (nSPS) is 35.3. The molecular weight excluding hydrogens is 349 g/mol. The molecule has 0 aromatic carbocycles. The summed E-state index contributed by atoms with van der Waals surface area (Å²) in [6.07, 6.45) is -2.61. The monoisotopic (exact) mass is 375 g/mol. The summed E-state index contributed by atoms with van der Waals surface area (Å²) in [4.78, 5) is 36.9. The first-order valence-corrected chi connectivity index (χ1v) is 8.67. The number of hydrogen-bond donors (Lipinski definition) is 2. The van der Waals surface area contributed by atoms with Gasteiger partial charge in [-0.15, -0.1) is 0 Å². The summed E-state index contributed by atoms with van der Waals surface area (Å²) < 4.78 is 30.1. The smallest absolute Gasteiger partial charge is 0.408 e. The van der Waals surface area contributed by atoms with E-state index in [-0.39, 0.29) is 19.6 Å². The molecule has 0 spiro atoms. The third kappa shape index (κ3) is 3.13. The lowest BCUT2D eigenvalue weighted by Crippen LogP contribution is -2.65. The Kier molecular flexibility index (Phi) is 5.24. The van der Waals surface area contributed by atoms with Crippen molar-refractivity contribution in [3.05, 3.63) is 0 Å². The van der Waals surface area contributed by atoms with Gasteiger partial charge in [-0.3, -0.25) is 0 Å². The van der Waals surface area contributed by atoms with E-state index in [4.69, 9.17) is 14.2 Å². The first-order chi connectivity index (χ1) is 11.9. The van der Waals surface area contributed by atoms with E-state index in [2.05, 4.69) is 5.32 Å². The summed E-state index contributed by atoms with van der Waals surface area (Å²) in [5.41, 5.74) is -5.44. The summed E-state index contributed by atoms with van der Waals surface area (Å²) >= 11 is 0. The number of aliphatic hydroxyl groups is 1. The SMILES string of the molecule is CCOC(=O)[C@@]1(NC(=O)OC(C)(C)C)[C@H]2C(C[C@@H]1O)[C@]2(F)C(=O)OCC. The summed E-state index contributed by atoms with van der Waals surface area (Å²) in [5.74, 6) is -4.34. The number of fused-ring (bicyclic) bond motifs is 1. The second-order valence-electron chi connectivity index (χ2n) is 7.54. The molecule has 0 saturated heterocycles. The van der Waals surface area contributed by atoms with Gasteiger partial charge in [0.15, 0.2) is 5.54 Å². The van der Waals surface area contributed by atoms with Crippen molar-refractivity contribution in [3.63, 3.8) is 0 Å². The Balaban J connectivity index is 2.36. The number of carbonyl (C=O) groups excluding carboxylic acids is 3. The van der Waals surface area contributed by atoms with E-state index in [1.807, 2.05) is 0 Å². The number of carbonyl (C=O) groups is 3. The van der Waals surface area contributed by atoms with Gasteiger partial charge in [0.05, 0.1) is 19.3 Å². The van der Waals surface area contributed by atoms with Crippen molar-refractivity contribution in [2.45, 2.75) is 64.0 Å². The van der Waals surface area contributed by atoms with Crippen LogP contribution in [-0.2, 0) is 23.8 Å². The van der Waals surface area contributed by atoms with Crippen LogP contribution >= 0.6 is 0 Å². The molecule has 0 aromatic heterocycles. The van der Waals surface area contributed by atoms with Gasteiger partial charge < -0.3 is 24.6 Å². The molecule has 0 bridgehead atoms. The van der Waals surface area contributed by atoms with Gasteiger partial charge >= 0.3 is 18.0 Å². The van der Waals surface area contributed by atoms with Crippen molar-refractivity contribution in [3.8, 4) is 0 Å². The van der Waals surface area contributed by atoms with Gasteiger partial charge in [0.25, 0.3) is 0 Å². The fourth-order valence-corrected chi connectivity index (χ4v) is 3.73. The van der Waals surface area contributed by atoms with Crippen molar-refractivity contribution < 1.29 is 38.1 Å². The predicted octanol–water partition coefficient (Wildman–Crippen LogP) is 1.09. The van der Waals surface area contributed by atoms with Crippen molar-refractivity contribution in [1.82, 2.24) is 5.32 Å². The first-order valence-electron chi connectivity index (χ1n) is 8.67. The second-order valence-corrected chi connectivity index (χ2v) is 7.54. The van der Waals surface area contributed by atoms with Gasteiger partial charge in [-0.05, 0) is 41.0 Å². The Morgan fingerprint density at radius 2 is 1.69 bits per heavy atom. The van der Waals surface area contributed by atoms with Gasteiger partial charge in [0.2, 0.25) is 5.67 Å². The molecule has 1 amide bonds. The maximum atomic E-state index is 15.3. The van der Waals surface area contributed by atoms with E-state index < -0.39 is 52.8 Å². The second kappa shape index (κ2) is 6.68. The zero-order valence-corrected chi connectivity index (χ0v) is 15.6. The molecule has 8 nitrogen and oxygen atoms in total. The molecule has 2 fully saturated rings. The standard InChI is InChI=1S/C17H26FNO7/c1-6-24-12(21)16(18)9-8-10(20)17(11(9)16,13(22)25-7-2)19-14(23)26-15(3,4)5/h9-11,20H,6-8H2,1-5H3,(H,19,23)/t9?,10-,11-,16+,17-/m0/s1. The molecule has 26 heavy (non-hydrogen) atoms. The number of nitrogens with one attached hydrogen (secondary N) is 1. The third-order valence-corrected chi connectivity index (χ3v) is 4.69. The molecule has 2 aliphatic rings. The van der Waals surface area contributed by atoms with Crippen molar-refractivity contribution >= 4 is 18.0 Å². The van der Waals surface area contributed by atoms with Gasteiger partial charge in [0.1, 0.15) is 5.60 Å². The Morgan fingerprint density at radius 3 is 2.19 bits per heavy atom. The Hall–Kier alpha value is -1.90. The number of ether oxygens (including phenoxy) is 3. The minimum Gasteiger partial charge on any atom is -0.464 e. The average molecular weight is 375 g/mol. The van der Waals surface area contributed by atoms with E-state index in [0.717, 1.165) is 0 Å².